The van der Waals surface area contributed by atoms with Gasteiger partial charge in [-0.3, -0.25) is 4.90 Å². The van der Waals surface area contributed by atoms with Crippen LogP contribution in [0.4, 0.5) is 22.0 Å². The molecule has 6 nitrogen and oxygen atoms in total. The minimum absolute atomic E-state index is 0.196. The molecule has 0 radical (unpaired) electrons. The second kappa shape index (κ2) is 9.60. The fourth-order valence-electron chi connectivity index (χ4n) is 3.66. The van der Waals surface area contributed by atoms with Gasteiger partial charge in [-0.2, -0.15) is 8.78 Å². The first-order chi connectivity index (χ1) is 15.6. The van der Waals surface area contributed by atoms with Gasteiger partial charge in [0.15, 0.2) is 17.4 Å². The first kappa shape index (κ1) is 24.2. The van der Waals surface area contributed by atoms with Crippen molar-refractivity contribution in [3.8, 4) is 5.75 Å². The summed E-state index contributed by atoms with van der Waals surface area (Å²) in [6.07, 6.45) is 0. The van der Waals surface area contributed by atoms with Crippen LogP contribution < -0.4 is 4.74 Å². The Bertz CT molecular complexity index is 1090. The minimum Gasteiger partial charge on any atom is -0.477 e. The topological polar surface area (TPSA) is 70.1 Å². The third kappa shape index (κ3) is 4.69. The molecule has 0 aliphatic carbocycles. The van der Waals surface area contributed by atoms with E-state index >= 15 is 0 Å². The zero-order valence-electron chi connectivity index (χ0n) is 17.5. The van der Waals surface area contributed by atoms with Crippen LogP contribution in [0.15, 0.2) is 30.0 Å². The number of carboxylic acid groups (broad SMARTS) is 1. The molecule has 2 atom stereocenters. The smallest absolute Gasteiger partial charge is 0.341 e. The zero-order valence-corrected chi connectivity index (χ0v) is 17.5. The molecule has 1 fully saturated rings. The average molecular weight is 470 g/mol. The van der Waals surface area contributed by atoms with Crippen molar-refractivity contribution in [2.45, 2.75) is 32.5 Å². The van der Waals surface area contributed by atoms with Crippen LogP contribution in [-0.2, 0) is 11.3 Å². The van der Waals surface area contributed by atoms with E-state index in [2.05, 4.69) is 0 Å². The number of hydrogen-bond donors (Lipinski definition) is 1. The number of halogens is 5. The van der Waals surface area contributed by atoms with E-state index < -0.39 is 59.1 Å². The highest BCUT2D eigenvalue weighted by Crippen LogP contribution is 2.31. The molecule has 1 saturated heterocycles. The van der Waals surface area contributed by atoms with Crippen LogP contribution in [0.2, 0.25) is 0 Å². The number of benzene rings is 2. The van der Waals surface area contributed by atoms with Gasteiger partial charge in [0.1, 0.15) is 29.7 Å². The molecule has 0 saturated carbocycles. The minimum atomic E-state index is -2.17. The summed E-state index contributed by atoms with van der Waals surface area (Å²) < 4.78 is 74.3. The summed E-state index contributed by atoms with van der Waals surface area (Å²) in [6, 6.07) is 4.74. The van der Waals surface area contributed by atoms with E-state index in [-0.39, 0.29) is 24.8 Å². The molecule has 0 spiro atoms. The van der Waals surface area contributed by atoms with E-state index in [4.69, 9.17) is 9.84 Å². The maximum Gasteiger partial charge on any atom is 0.341 e. The van der Waals surface area contributed by atoms with E-state index in [1.54, 1.807) is 30.9 Å². The number of carbonyl (C=O) groups excluding carboxylic acids is 1. The lowest BCUT2D eigenvalue weighted by molar-refractivity contribution is 0.0250. The molecule has 0 bridgehead atoms. The standard InChI is InChI=1S/C22H19F5N2O4/c1-11-7-28(10-33-21-19(26)17(24)16(22(31)32)18(25)20(21)27)12(2)15(9-30)29(11)8-13-3-5-14(23)6-4-13/h3-6,11-12H,7-8,10H2,1-2H3,(H,31,32)/t11-,12+/m1/s1. The summed E-state index contributed by atoms with van der Waals surface area (Å²) in [7, 11) is 0. The van der Waals surface area contributed by atoms with Crippen LogP contribution in [0.5, 0.6) is 5.75 Å². The van der Waals surface area contributed by atoms with E-state index in [9.17, 15) is 31.5 Å². The highest BCUT2D eigenvalue weighted by Gasteiger charge is 2.35. The Morgan fingerprint density at radius 3 is 2.15 bits per heavy atom. The lowest BCUT2D eigenvalue weighted by atomic mass is 10.0. The third-order valence-electron chi connectivity index (χ3n) is 5.47. The Labute approximate surface area is 185 Å². The number of carboxylic acids is 1. The van der Waals surface area contributed by atoms with Gasteiger partial charge < -0.3 is 14.7 Å². The number of piperazine rings is 1. The summed E-state index contributed by atoms with van der Waals surface area (Å²) in [5, 5.41) is 8.76. The molecule has 1 aliphatic heterocycles. The Morgan fingerprint density at radius 2 is 1.64 bits per heavy atom. The Kier molecular flexibility index (Phi) is 7.04. The van der Waals surface area contributed by atoms with Gasteiger partial charge in [-0.1, -0.05) is 12.1 Å². The van der Waals surface area contributed by atoms with Gasteiger partial charge in [0.2, 0.25) is 11.6 Å². The predicted molar refractivity (Wildman–Crippen MR) is 106 cm³/mol. The normalized spacial score (nSPS) is 18.9. The van der Waals surface area contributed by atoms with Crippen LogP contribution in [0.3, 0.4) is 0 Å². The highest BCUT2D eigenvalue weighted by molar-refractivity contribution is 5.88. The first-order valence-corrected chi connectivity index (χ1v) is 9.78. The molecule has 0 amide bonds. The number of ether oxygens (including phenoxy) is 1. The quantitative estimate of drug-likeness (QED) is 0.394. The summed E-state index contributed by atoms with van der Waals surface area (Å²) in [5.74, 6) is -10.3. The third-order valence-corrected chi connectivity index (χ3v) is 5.47. The first-order valence-electron chi connectivity index (χ1n) is 9.78. The molecule has 1 N–H and O–H groups in total. The van der Waals surface area contributed by atoms with Gasteiger partial charge in [-0.05, 0) is 31.5 Å². The van der Waals surface area contributed by atoms with E-state index in [0.29, 0.717) is 0 Å². The van der Waals surface area contributed by atoms with Crippen LogP contribution in [-0.4, -0.2) is 52.2 Å². The molecule has 0 unspecified atom stereocenters. The second-order valence-electron chi connectivity index (χ2n) is 7.58. The number of aromatic carboxylic acids is 1. The van der Waals surface area contributed by atoms with Crippen molar-refractivity contribution < 1.29 is 41.4 Å². The number of hydrogen-bond acceptors (Lipinski definition) is 5. The molecule has 1 aliphatic rings. The maximum atomic E-state index is 14.2. The van der Waals surface area contributed by atoms with E-state index in [1.165, 1.54) is 17.0 Å². The monoisotopic (exact) mass is 470 g/mol. The van der Waals surface area contributed by atoms with Crippen molar-refractivity contribution in [2.75, 3.05) is 13.3 Å². The summed E-state index contributed by atoms with van der Waals surface area (Å²) >= 11 is 0. The van der Waals surface area contributed by atoms with Crippen molar-refractivity contribution in [3.63, 3.8) is 0 Å². The van der Waals surface area contributed by atoms with Gasteiger partial charge in [0.25, 0.3) is 0 Å². The van der Waals surface area contributed by atoms with Crippen LogP contribution in [0.25, 0.3) is 0 Å². The van der Waals surface area contributed by atoms with Crippen molar-refractivity contribution in [1.82, 2.24) is 9.80 Å². The van der Waals surface area contributed by atoms with E-state index in [1.807, 2.05) is 5.94 Å². The summed E-state index contributed by atoms with van der Waals surface area (Å²) in [6.45, 7) is 3.33. The Balaban J connectivity index is 1.79. The number of carbonyl (C=O) groups is 1. The van der Waals surface area contributed by atoms with Crippen molar-refractivity contribution in [2.24, 2.45) is 0 Å². The lowest BCUT2D eigenvalue weighted by Crippen LogP contribution is -2.55. The second-order valence-corrected chi connectivity index (χ2v) is 7.58. The molecule has 176 valence electrons. The van der Waals surface area contributed by atoms with Crippen LogP contribution in [0, 0.1) is 29.1 Å². The van der Waals surface area contributed by atoms with Crippen LogP contribution in [0.1, 0.15) is 29.8 Å². The van der Waals surface area contributed by atoms with Crippen molar-refractivity contribution >= 4 is 11.9 Å². The van der Waals surface area contributed by atoms with E-state index in [0.717, 1.165) is 5.56 Å². The number of rotatable bonds is 6. The SMILES string of the molecule is C[C@@H]1CN(COc2c(F)c(F)c(C(=O)O)c(F)c2F)[C@@H](C)C(=C=O)N1Cc1ccc(F)cc1. The molecule has 3 rings (SSSR count). The highest BCUT2D eigenvalue weighted by atomic mass is 19.2. The zero-order chi connectivity index (χ0) is 24.4. The fraction of sp³-hybridized carbons (Fsp3) is 0.318. The molecule has 1 heterocycles. The van der Waals surface area contributed by atoms with Crippen LogP contribution >= 0.6 is 0 Å². The molecule has 0 aromatic heterocycles. The lowest BCUT2D eigenvalue weighted by Gasteiger charge is -2.45. The van der Waals surface area contributed by atoms with Crippen molar-refractivity contribution in [3.05, 3.63) is 70.2 Å². The van der Waals surface area contributed by atoms with Gasteiger partial charge in [0.05, 0.1) is 6.04 Å². The molecule has 33 heavy (non-hydrogen) atoms. The summed E-state index contributed by atoms with van der Waals surface area (Å²) in [4.78, 5) is 25.8. The molecular weight excluding hydrogens is 451 g/mol. The van der Waals surface area contributed by atoms with Gasteiger partial charge in [0, 0.05) is 19.1 Å². The maximum absolute atomic E-state index is 14.2. The molecule has 2 aromatic rings. The predicted octanol–water partition coefficient (Wildman–Crippen LogP) is 3.73. The molecular formula is C22H19F5N2O4. The summed E-state index contributed by atoms with van der Waals surface area (Å²) in [5.41, 5.74) is -0.831. The van der Waals surface area contributed by atoms with Gasteiger partial charge in [-0.15, -0.1) is 0 Å². The Hall–Kier alpha value is -3.43. The average Bonchev–Trinajstić information content (AvgIpc) is 2.77. The fourth-order valence-corrected chi connectivity index (χ4v) is 3.66. The Morgan fingerprint density at radius 1 is 1.06 bits per heavy atom. The van der Waals surface area contributed by atoms with Gasteiger partial charge in [-0.25, -0.2) is 22.8 Å². The number of nitrogens with zero attached hydrogens (tertiary/aromatic N) is 2. The largest absolute Gasteiger partial charge is 0.477 e. The molecule has 11 heteroatoms. The van der Waals surface area contributed by atoms with Crippen molar-refractivity contribution in [1.29, 1.82) is 0 Å². The van der Waals surface area contributed by atoms with Gasteiger partial charge >= 0.3 is 5.97 Å². The molecule has 2 aromatic carbocycles.